The van der Waals surface area contributed by atoms with Crippen molar-refractivity contribution >= 4 is 23.2 Å². The van der Waals surface area contributed by atoms with Crippen molar-refractivity contribution in [1.29, 1.82) is 5.26 Å². The van der Waals surface area contributed by atoms with E-state index >= 15 is 0 Å². The van der Waals surface area contributed by atoms with Crippen LogP contribution in [0.5, 0.6) is 0 Å². The van der Waals surface area contributed by atoms with Crippen LogP contribution in [0, 0.1) is 11.3 Å². The Balaban J connectivity index is 2.08. The van der Waals surface area contributed by atoms with Crippen molar-refractivity contribution in [2.24, 2.45) is 0 Å². The molecule has 0 bridgehead atoms. The lowest BCUT2D eigenvalue weighted by Gasteiger charge is -2.43. The number of anilines is 1. The van der Waals surface area contributed by atoms with E-state index < -0.39 is 5.54 Å². The molecule has 3 nitrogen and oxygen atoms in total. The molecule has 2 atom stereocenters. The second-order valence-electron chi connectivity index (χ2n) is 6.86. The Labute approximate surface area is 177 Å². The molecule has 0 saturated carbocycles. The molecular formula is C25H24N2OS. The first-order valence-electron chi connectivity index (χ1n) is 9.50. The van der Waals surface area contributed by atoms with Crippen molar-refractivity contribution < 1.29 is 4.79 Å². The van der Waals surface area contributed by atoms with Crippen LogP contribution in [0.1, 0.15) is 22.3 Å². The molecule has 4 heteroatoms. The van der Waals surface area contributed by atoms with E-state index in [1.807, 2.05) is 109 Å². The fourth-order valence-electron chi connectivity index (χ4n) is 3.67. The lowest BCUT2D eigenvalue weighted by molar-refractivity contribution is 0.0976. The first-order chi connectivity index (χ1) is 14.1. The molecule has 0 heterocycles. The van der Waals surface area contributed by atoms with Crippen LogP contribution in [0.4, 0.5) is 5.69 Å². The standard InChI is InChI=1S/C25H24N2OS/c1-27(22-16-10-5-11-17-22)25(19-26,21-14-8-4-9-15-21)24(29-2)18-23(28)20-12-6-3-7-13-20/h3-17,24H,18H2,1-2H3. The third kappa shape index (κ3) is 4.21. The van der Waals surface area contributed by atoms with Gasteiger partial charge in [-0.15, -0.1) is 0 Å². The number of hydrogen-bond acceptors (Lipinski definition) is 4. The Kier molecular flexibility index (Phi) is 6.74. The summed E-state index contributed by atoms with van der Waals surface area (Å²) in [6.07, 6.45) is 2.24. The highest BCUT2D eigenvalue weighted by molar-refractivity contribution is 7.99. The van der Waals surface area contributed by atoms with E-state index in [-0.39, 0.29) is 17.5 Å². The summed E-state index contributed by atoms with van der Waals surface area (Å²) in [6.45, 7) is 0. The molecule has 3 rings (SSSR count). The van der Waals surface area contributed by atoms with Crippen LogP contribution in [0.3, 0.4) is 0 Å². The van der Waals surface area contributed by atoms with Crippen LogP contribution in [-0.4, -0.2) is 24.3 Å². The zero-order valence-corrected chi connectivity index (χ0v) is 17.5. The number of para-hydroxylation sites is 1. The van der Waals surface area contributed by atoms with Gasteiger partial charge in [-0.3, -0.25) is 4.79 Å². The predicted molar refractivity (Wildman–Crippen MR) is 121 cm³/mol. The van der Waals surface area contributed by atoms with Gasteiger partial charge in [0.25, 0.3) is 0 Å². The molecular weight excluding hydrogens is 376 g/mol. The van der Waals surface area contributed by atoms with Gasteiger partial charge < -0.3 is 4.90 Å². The van der Waals surface area contributed by atoms with E-state index in [4.69, 9.17) is 0 Å². The SMILES string of the molecule is CSC(CC(=O)c1ccccc1)C(C#N)(c1ccccc1)N(C)c1ccccc1. The number of ketones is 1. The summed E-state index contributed by atoms with van der Waals surface area (Å²) in [5.41, 5.74) is 1.50. The molecule has 146 valence electrons. The molecule has 0 N–H and O–H groups in total. The number of Topliss-reactive ketones (excluding diaryl/α,β-unsaturated/α-hetero) is 1. The maximum atomic E-state index is 13.0. The molecule has 0 aliphatic heterocycles. The zero-order chi connectivity index (χ0) is 20.7. The minimum Gasteiger partial charge on any atom is -0.352 e. The fourth-order valence-corrected chi connectivity index (χ4v) is 4.67. The lowest BCUT2D eigenvalue weighted by Crippen LogP contribution is -2.51. The minimum absolute atomic E-state index is 0.0435. The smallest absolute Gasteiger partial charge is 0.165 e. The summed E-state index contributed by atoms with van der Waals surface area (Å²) in [4.78, 5) is 15.0. The average molecular weight is 401 g/mol. The summed E-state index contributed by atoms with van der Waals surface area (Å²) >= 11 is 1.56. The molecule has 29 heavy (non-hydrogen) atoms. The lowest BCUT2D eigenvalue weighted by atomic mass is 9.83. The van der Waals surface area contributed by atoms with E-state index in [2.05, 4.69) is 6.07 Å². The number of rotatable bonds is 8. The molecule has 3 aromatic rings. The first kappa shape index (κ1) is 20.7. The first-order valence-corrected chi connectivity index (χ1v) is 10.8. The van der Waals surface area contributed by atoms with Crippen molar-refractivity contribution in [3.8, 4) is 6.07 Å². The van der Waals surface area contributed by atoms with Crippen LogP contribution in [0.25, 0.3) is 0 Å². The number of nitriles is 1. The summed E-state index contributed by atoms with van der Waals surface area (Å²) in [7, 11) is 1.93. The Bertz CT molecular complexity index is 970. The molecule has 0 saturated heterocycles. The van der Waals surface area contributed by atoms with Crippen LogP contribution >= 0.6 is 11.8 Å². The Morgan fingerprint density at radius 1 is 0.966 bits per heavy atom. The van der Waals surface area contributed by atoms with Gasteiger partial charge in [-0.25, -0.2) is 0 Å². The van der Waals surface area contributed by atoms with E-state index in [1.54, 1.807) is 11.8 Å². The quantitative estimate of drug-likeness (QED) is 0.465. The molecule has 0 aromatic heterocycles. The molecule has 3 aromatic carbocycles. The molecule has 2 unspecified atom stereocenters. The van der Waals surface area contributed by atoms with Crippen LogP contribution < -0.4 is 4.90 Å². The van der Waals surface area contributed by atoms with Gasteiger partial charge in [-0.05, 0) is 24.0 Å². The summed E-state index contributed by atoms with van der Waals surface area (Å²) in [5, 5.41) is 10.3. The van der Waals surface area contributed by atoms with Crippen molar-refractivity contribution in [2.45, 2.75) is 17.2 Å². The molecule has 0 fully saturated rings. The largest absolute Gasteiger partial charge is 0.352 e. The number of thioether (sulfide) groups is 1. The summed E-state index contributed by atoms with van der Waals surface area (Å²) in [5.74, 6) is 0.0435. The number of carbonyl (C=O) groups is 1. The van der Waals surface area contributed by atoms with Gasteiger partial charge in [0.15, 0.2) is 11.3 Å². The minimum atomic E-state index is -0.994. The Hall–Kier alpha value is -3.03. The molecule has 0 spiro atoms. The zero-order valence-electron chi connectivity index (χ0n) is 16.7. The monoisotopic (exact) mass is 400 g/mol. The molecule has 0 aliphatic rings. The molecule has 0 aliphatic carbocycles. The van der Waals surface area contributed by atoms with Crippen molar-refractivity contribution in [2.75, 3.05) is 18.2 Å². The van der Waals surface area contributed by atoms with Gasteiger partial charge >= 0.3 is 0 Å². The van der Waals surface area contributed by atoms with E-state index in [0.29, 0.717) is 5.56 Å². The van der Waals surface area contributed by atoms with Crippen LogP contribution in [0.15, 0.2) is 91.0 Å². The van der Waals surface area contributed by atoms with Crippen LogP contribution in [0.2, 0.25) is 0 Å². The predicted octanol–water partition coefficient (Wildman–Crippen LogP) is 5.55. The Morgan fingerprint density at radius 2 is 1.48 bits per heavy atom. The molecule has 0 amide bonds. The fraction of sp³-hybridized carbons (Fsp3) is 0.200. The highest BCUT2D eigenvalue weighted by atomic mass is 32.2. The number of carbonyl (C=O) groups excluding carboxylic acids is 1. The van der Waals surface area contributed by atoms with E-state index in [1.165, 1.54) is 0 Å². The second kappa shape index (κ2) is 9.45. The third-order valence-corrected chi connectivity index (χ3v) is 6.35. The number of benzene rings is 3. The molecule has 0 radical (unpaired) electrons. The van der Waals surface area contributed by atoms with Gasteiger partial charge in [0.2, 0.25) is 0 Å². The Morgan fingerprint density at radius 3 is 2.00 bits per heavy atom. The number of nitrogens with zero attached hydrogens (tertiary/aromatic N) is 2. The highest BCUT2D eigenvalue weighted by Crippen LogP contribution is 2.41. The maximum Gasteiger partial charge on any atom is 0.165 e. The van der Waals surface area contributed by atoms with E-state index in [0.717, 1.165) is 11.3 Å². The van der Waals surface area contributed by atoms with Crippen LogP contribution in [-0.2, 0) is 5.54 Å². The second-order valence-corrected chi connectivity index (χ2v) is 7.90. The van der Waals surface area contributed by atoms with Gasteiger partial charge in [-0.1, -0.05) is 78.9 Å². The normalized spacial score (nSPS) is 13.7. The summed E-state index contributed by atoms with van der Waals surface area (Å²) < 4.78 is 0. The van der Waals surface area contributed by atoms with Gasteiger partial charge in [0.1, 0.15) is 0 Å². The number of hydrogen-bond donors (Lipinski definition) is 0. The van der Waals surface area contributed by atoms with E-state index in [9.17, 15) is 10.1 Å². The summed E-state index contributed by atoms with van der Waals surface area (Å²) in [6, 6.07) is 31.5. The van der Waals surface area contributed by atoms with Gasteiger partial charge in [0.05, 0.1) is 11.3 Å². The van der Waals surface area contributed by atoms with Crippen molar-refractivity contribution in [3.05, 3.63) is 102 Å². The topological polar surface area (TPSA) is 44.1 Å². The highest BCUT2D eigenvalue weighted by Gasteiger charge is 2.45. The van der Waals surface area contributed by atoms with Gasteiger partial charge in [-0.2, -0.15) is 17.0 Å². The van der Waals surface area contributed by atoms with Crippen molar-refractivity contribution in [3.63, 3.8) is 0 Å². The van der Waals surface area contributed by atoms with Gasteiger partial charge in [0, 0.05) is 24.7 Å². The maximum absolute atomic E-state index is 13.0. The third-order valence-electron chi connectivity index (χ3n) is 5.27. The van der Waals surface area contributed by atoms with Crippen molar-refractivity contribution in [1.82, 2.24) is 0 Å². The average Bonchev–Trinajstić information content (AvgIpc) is 2.80.